The topological polar surface area (TPSA) is 29.9 Å². The molecule has 1 unspecified atom stereocenters. The molecule has 0 amide bonds. The molecule has 0 saturated heterocycles. The van der Waals surface area contributed by atoms with Crippen molar-refractivity contribution in [3.05, 3.63) is 38.8 Å². The van der Waals surface area contributed by atoms with E-state index in [9.17, 15) is 0 Å². The van der Waals surface area contributed by atoms with Crippen LogP contribution in [-0.4, -0.2) is 16.8 Å². The fourth-order valence-corrected chi connectivity index (χ4v) is 3.45. The Kier molecular flexibility index (Phi) is 4.36. The quantitative estimate of drug-likeness (QED) is 0.916. The molecule has 1 atom stereocenters. The number of nitrogens with zero attached hydrogens (tertiary/aromatic N) is 2. The Morgan fingerprint density at radius 2 is 2.29 bits per heavy atom. The van der Waals surface area contributed by atoms with Crippen LogP contribution >= 0.6 is 27.3 Å². The molecule has 0 spiro atoms. The molecule has 0 saturated carbocycles. The Balaban J connectivity index is 2.31. The van der Waals surface area contributed by atoms with Gasteiger partial charge in [0, 0.05) is 17.6 Å². The maximum absolute atomic E-state index is 4.38. The van der Waals surface area contributed by atoms with Gasteiger partial charge in [0.25, 0.3) is 0 Å². The lowest BCUT2D eigenvalue weighted by Crippen LogP contribution is -2.20. The Morgan fingerprint density at radius 3 is 2.88 bits per heavy atom. The van der Waals surface area contributed by atoms with Crippen LogP contribution in [0.1, 0.15) is 30.0 Å². The van der Waals surface area contributed by atoms with Gasteiger partial charge in [-0.05, 0) is 47.6 Å². The van der Waals surface area contributed by atoms with Crippen LogP contribution in [0.5, 0.6) is 0 Å². The molecule has 2 rings (SSSR count). The van der Waals surface area contributed by atoms with Crippen molar-refractivity contribution < 1.29 is 0 Å². The predicted molar refractivity (Wildman–Crippen MR) is 75.4 cm³/mol. The van der Waals surface area contributed by atoms with Crippen LogP contribution in [0.15, 0.2) is 28.2 Å². The average Bonchev–Trinajstić information content (AvgIpc) is 2.91. The molecule has 0 aliphatic heterocycles. The number of rotatable bonds is 5. The molecular formula is C12H16BrN3S. The standard InChI is InChI=1S/C12H16BrN3S/c1-3-8-16-9(6-7-15-16)12(14-2)10-4-5-11(13)17-10/h4-7,12,14H,3,8H2,1-2H3. The maximum atomic E-state index is 4.38. The molecule has 0 aromatic carbocycles. The molecule has 0 radical (unpaired) electrons. The maximum Gasteiger partial charge on any atom is 0.0839 e. The zero-order valence-corrected chi connectivity index (χ0v) is 12.4. The Labute approximate surface area is 114 Å². The van der Waals surface area contributed by atoms with E-state index >= 15 is 0 Å². The summed E-state index contributed by atoms with van der Waals surface area (Å²) in [5.41, 5.74) is 1.23. The number of hydrogen-bond donors (Lipinski definition) is 1. The Morgan fingerprint density at radius 1 is 1.47 bits per heavy atom. The third-order valence-corrected chi connectivity index (χ3v) is 4.34. The van der Waals surface area contributed by atoms with Crippen LogP contribution < -0.4 is 5.32 Å². The highest BCUT2D eigenvalue weighted by Gasteiger charge is 2.17. The first-order valence-corrected chi connectivity index (χ1v) is 7.31. The predicted octanol–water partition coefficient (Wildman–Crippen LogP) is 3.43. The lowest BCUT2D eigenvalue weighted by Gasteiger charge is -2.16. The first kappa shape index (κ1) is 12.8. The monoisotopic (exact) mass is 313 g/mol. The molecule has 2 heterocycles. The van der Waals surface area contributed by atoms with Crippen molar-refractivity contribution in [1.29, 1.82) is 0 Å². The van der Waals surface area contributed by atoms with Crippen molar-refractivity contribution in [3.63, 3.8) is 0 Å². The zero-order valence-electron chi connectivity index (χ0n) is 9.98. The minimum absolute atomic E-state index is 0.223. The Bertz CT molecular complexity index is 478. The summed E-state index contributed by atoms with van der Waals surface area (Å²) in [7, 11) is 1.99. The van der Waals surface area contributed by atoms with Gasteiger partial charge in [-0.1, -0.05) is 6.92 Å². The highest BCUT2D eigenvalue weighted by molar-refractivity contribution is 9.11. The van der Waals surface area contributed by atoms with Gasteiger partial charge in [0.2, 0.25) is 0 Å². The minimum Gasteiger partial charge on any atom is -0.307 e. The van der Waals surface area contributed by atoms with E-state index in [0.29, 0.717) is 0 Å². The van der Waals surface area contributed by atoms with Crippen molar-refractivity contribution >= 4 is 27.3 Å². The molecule has 2 aromatic rings. The van der Waals surface area contributed by atoms with Gasteiger partial charge in [-0.15, -0.1) is 11.3 Å². The van der Waals surface area contributed by atoms with Gasteiger partial charge in [-0.2, -0.15) is 5.10 Å². The molecule has 0 aliphatic rings. The van der Waals surface area contributed by atoms with Gasteiger partial charge in [-0.3, -0.25) is 4.68 Å². The average molecular weight is 314 g/mol. The minimum atomic E-state index is 0.223. The summed E-state index contributed by atoms with van der Waals surface area (Å²) in [6.45, 7) is 3.13. The molecule has 17 heavy (non-hydrogen) atoms. The van der Waals surface area contributed by atoms with E-state index in [4.69, 9.17) is 0 Å². The summed E-state index contributed by atoms with van der Waals surface area (Å²) in [5.74, 6) is 0. The molecule has 0 aliphatic carbocycles. The summed E-state index contributed by atoms with van der Waals surface area (Å²) < 4.78 is 3.24. The van der Waals surface area contributed by atoms with Gasteiger partial charge in [-0.25, -0.2) is 0 Å². The SMILES string of the molecule is CCCn1nccc1C(NC)c1ccc(Br)s1. The molecule has 5 heteroatoms. The number of aryl methyl sites for hydroxylation is 1. The second-order valence-electron chi connectivity index (χ2n) is 3.84. The van der Waals surface area contributed by atoms with E-state index in [2.05, 4.69) is 56.2 Å². The summed E-state index contributed by atoms with van der Waals surface area (Å²) in [4.78, 5) is 1.30. The molecular weight excluding hydrogens is 298 g/mol. The van der Waals surface area contributed by atoms with E-state index < -0.39 is 0 Å². The third kappa shape index (κ3) is 2.78. The highest BCUT2D eigenvalue weighted by atomic mass is 79.9. The van der Waals surface area contributed by atoms with Crippen LogP contribution in [0.25, 0.3) is 0 Å². The summed E-state index contributed by atoms with van der Waals surface area (Å²) in [6, 6.07) is 6.55. The van der Waals surface area contributed by atoms with Crippen molar-refractivity contribution in [2.75, 3.05) is 7.05 Å². The summed E-state index contributed by atoms with van der Waals surface area (Å²) in [6.07, 6.45) is 2.97. The highest BCUT2D eigenvalue weighted by Crippen LogP contribution is 2.30. The molecule has 0 bridgehead atoms. The number of hydrogen-bond acceptors (Lipinski definition) is 3. The second kappa shape index (κ2) is 5.80. The number of thiophene rings is 1. The van der Waals surface area contributed by atoms with Crippen LogP contribution in [-0.2, 0) is 6.54 Å². The van der Waals surface area contributed by atoms with Crippen molar-refractivity contribution in [1.82, 2.24) is 15.1 Å². The van der Waals surface area contributed by atoms with E-state index in [-0.39, 0.29) is 6.04 Å². The summed E-state index contributed by atoms with van der Waals surface area (Å²) in [5, 5.41) is 7.74. The fraction of sp³-hybridized carbons (Fsp3) is 0.417. The number of nitrogens with one attached hydrogen (secondary N) is 1. The Hall–Kier alpha value is -0.650. The van der Waals surface area contributed by atoms with Crippen molar-refractivity contribution in [2.24, 2.45) is 0 Å². The van der Waals surface area contributed by atoms with E-state index in [1.54, 1.807) is 11.3 Å². The van der Waals surface area contributed by atoms with Gasteiger partial charge in [0.1, 0.15) is 0 Å². The van der Waals surface area contributed by atoms with Gasteiger partial charge in [0.15, 0.2) is 0 Å². The molecule has 2 aromatic heterocycles. The zero-order chi connectivity index (χ0) is 12.3. The molecule has 0 fully saturated rings. The molecule has 3 nitrogen and oxygen atoms in total. The largest absolute Gasteiger partial charge is 0.307 e. The normalized spacial score (nSPS) is 12.9. The first-order valence-electron chi connectivity index (χ1n) is 5.70. The van der Waals surface area contributed by atoms with Gasteiger partial charge >= 0.3 is 0 Å². The van der Waals surface area contributed by atoms with Crippen LogP contribution in [0.3, 0.4) is 0 Å². The molecule has 92 valence electrons. The van der Waals surface area contributed by atoms with E-state index in [1.807, 2.05) is 13.2 Å². The first-order chi connectivity index (χ1) is 8.26. The number of aromatic nitrogens is 2. The third-order valence-electron chi connectivity index (χ3n) is 2.65. The summed E-state index contributed by atoms with van der Waals surface area (Å²) >= 11 is 5.27. The smallest absolute Gasteiger partial charge is 0.0839 e. The van der Waals surface area contributed by atoms with Crippen LogP contribution in [0, 0.1) is 0 Å². The van der Waals surface area contributed by atoms with E-state index in [1.165, 1.54) is 10.6 Å². The lowest BCUT2D eigenvalue weighted by molar-refractivity contribution is 0.538. The van der Waals surface area contributed by atoms with Gasteiger partial charge in [0.05, 0.1) is 15.5 Å². The second-order valence-corrected chi connectivity index (χ2v) is 6.34. The lowest BCUT2D eigenvalue weighted by atomic mass is 10.1. The van der Waals surface area contributed by atoms with Crippen molar-refractivity contribution in [3.8, 4) is 0 Å². The van der Waals surface area contributed by atoms with Crippen LogP contribution in [0.2, 0.25) is 0 Å². The van der Waals surface area contributed by atoms with Gasteiger partial charge < -0.3 is 5.32 Å². The van der Waals surface area contributed by atoms with Crippen LogP contribution in [0.4, 0.5) is 0 Å². The van der Waals surface area contributed by atoms with Crippen molar-refractivity contribution in [2.45, 2.75) is 25.9 Å². The molecule has 1 N–H and O–H groups in total. The van der Waals surface area contributed by atoms with E-state index in [0.717, 1.165) is 16.8 Å². The fourth-order valence-electron chi connectivity index (χ4n) is 1.91. The number of halogens is 1.